The molecule has 0 saturated heterocycles. The number of esters is 1. The van der Waals surface area contributed by atoms with Gasteiger partial charge in [0.05, 0.1) is 6.61 Å². The molecule has 27 heavy (non-hydrogen) atoms. The first-order valence-electron chi connectivity index (χ1n) is 8.64. The Bertz CT molecular complexity index is 815. The first-order valence-corrected chi connectivity index (χ1v) is 9.52. The Morgan fingerprint density at radius 1 is 1.11 bits per heavy atom. The van der Waals surface area contributed by atoms with Gasteiger partial charge in [-0.15, -0.1) is 11.3 Å². The minimum atomic E-state index is -0.473. The van der Waals surface area contributed by atoms with E-state index in [4.69, 9.17) is 4.74 Å². The second kappa shape index (κ2) is 9.84. The second-order valence-electron chi connectivity index (χ2n) is 5.86. The summed E-state index contributed by atoms with van der Waals surface area (Å²) in [5.41, 5.74) is 3.08. The molecular formula is C19H24N3O4S+. The van der Waals surface area contributed by atoms with Gasteiger partial charge in [-0.2, -0.15) is 0 Å². The largest absolute Gasteiger partial charge is 0.462 e. The Morgan fingerprint density at radius 2 is 1.78 bits per heavy atom. The van der Waals surface area contributed by atoms with Crippen molar-refractivity contribution < 1.29 is 24.4 Å². The number of hydrogen-bond donors (Lipinski definition) is 3. The summed E-state index contributed by atoms with van der Waals surface area (Å²) in [6.07, 6.45) is 0. The van der Waals surface area contributed by atoms with Crippen LogP contribution in [0.25, 0.3) is 11.1 Å². The number of ether oxygens (including phenoxy) is 1. The smallest absolute Gasteiger partial charge is 0.341 e. The molecule has 0 atom stereocenters. The van der Waals surface area contributed by atoms with Crippen LogP contribution in [-0.2, 0) is 14.3 Å². The fourth-order valence-electron chi connectivity index (χ4n) is 2.42. The van der Waals surface area contributed by atoms with Crippen LogP contribution in [0.5, 0.6) is 0 Å². The fraction of sp³-hybridized carbons (Fsp3) is 0.316. The SMILES string of the molecule is CCOC(=O)c1c(-c2ccc(C)cc2)csc1NC(=O)C[NH2+]CC(=O)NC. The summed E-state index contributed by atoms with van der Waals surface area (Å²) in [6, 6.07) is 7.80. The van der Waals surface area contributed by atoms with Crippen molar-refractivity contribution >= 4 is 34.1 Å². The van der Waals surface area contributed by atoms with Gasteiger partial charge in [0.2, 0.25) is 0 Å². The molecule has 0 unspecified atom stereocenters. The number of nitrogens with one attached hydrogen (secondary N) is 2. The molecule has 0 radical (unpaired) electrons. The normalized spacial score (nSPS) is 10.3. The van der Waals surface area contributed by atoms with Crippen LogP contribution in [0, 0.1) is 6.92 Å². The minimum Gasteiger partial charge on any atom is -0.462 e. The number of aryl methyl sites for hydroxylation is 1. The van der Waals surface area contributed by atoms with Crippen molar-refractivity contribution in [3.05, 3.63) is 40.8 Å². The molecule has 0 aliphatic carbocycles. The van der Waals surface area contributed by atoms with E-state index >= 15 is 0 Å². The molecule has 2 aromatic rings. The quantitative estimate of drug-likeness (QED) is 0.589. The molecule has 4 N–H and O–H groups in total. The maximum atomic E-state index is 12.5. The number of thiophene rings is 1. The molecule has 1 aromatic heterocycles. The van der Waals surface area contributed by atoms with Gasteiger partial charge in [-0.25, -0.2) is 4.79 Å². The maximum absolute atomic E-state index is 12.5. The van der Waals surface area contributed by atoms with Gasteiger partial charge in [-0.3, -0.25) is 9.59 Å². The summed E-state index contributed by atoms with van der Waals surface area (Å²) in [7, 11) is 1.54. The molecule has 0 saturated carbocycles. The van der Waals surface area contributed by atoms with Crippen molar-refractivity contribution in [3.8, 4) is 11.1 Å². The molecule has 0 aliphatic heterocycles. The van der Waals surface area contributed by atoms with Gasteiger partial charge in [0.1, 0.15) is 10.6 Å². The van der Waals surface area contributed by atoms with Crippen LogP contribution in [0.1, 0.15) is 22.8 Å². The highest BCUT2D eigenvalue weighted by atomic mass is 32.1. The predicted octanol–water partition coefficient (Wildman–Crippen LogP) is 1.15. The van der Waals surface area contributed by atoms with Crippen molar-refractivity contribution in [1.29, 1.82) is 0 Å². The highest BCUT2D eigenvalue weighted by Gasteiger charge is 2.23. The van der Waals surface area contributed by atoms with Gasteiger partial charge < -0.3 is 20.7 Å². The Kier molecular flexibility index (Phi) is 7.51. The van der Waals surface area contributed by atoms with E-state index in [9.17, 15) is 14.4 Å². The van der Waals surface area contributed by atoms with Gasteiger partial charge in [-0.1, -0.05) is 29.8 Å². The fourth-order valence-corrected chi connectivity index (χ4v) is 3.39. The van der Waals surface area contributed by atoms with E-state index in [2.05, 4.69) is 10.6 Å². The molecule has 2 rings (SSSR count). The number of carbonyl (C=O) groups is 3. The molecule has 0 fully saturated rings. The number of likely N-dealkylation sites (N-methyl/N-ethyl adjacent to an activating group) is 1. The van der Waals surface area contributed by atoms with Gasteiger partial charge >= 0.3 is 5.97 Å². The van der Waals surface area contributed by atoms with E-state index in [0.717, 1.165) is 16.7 Å². The number of quaternary nitrogens is 1. The summed E-state index contributed by atoms with van der Waals surface area (Å²) in [5, 5.41) is 9.12. The molecule has 8 heteroatoms. The van der Waals surface area contributed by atoms with E-state index in [0.29, 0.717) is 10.6 Å². The molecule has 1 heterocycles. The lowest BCUT2D eigenvalue weighted by Gasteiger charge is -2.09. The zero-order chi connectivity index (χ0) is 19.8. The van der Waals surface area contributed by atoms with Gasteiger partial charge in [-0.05, 0) is 19.4 Å². The summed E-state index contributed by atoms with van der Waals surface area (Å²) in [6.45, 7) is 4.21. The Balaban J connectivity index is 2.20. The third kappa shape index (κ3) is 5.63. The molecule has 2 amide bonds. The number of anilines is 1. The topological polar surface area (TPSA) is 101 Å². The molecule has 7 nitrogen and oxygen atoms in total. The van der Waals surface area contributed by atoms with Crippen LogP contribution in [0.15, 0.2) is 29.6 Å². The summed E-state index contributed by atoms with van der Waals surface area (Å²) in [5.74, 6) is -0.923. The number of carbonyl (C=O) groups excluding carboxylic acids is 3. The van der Waals surface area contributed by atoms with Crippen LogP contribution in [0.3, 0.4) is 0 Å². The average Bonchev–Trinajstić information content (AvgIpc) is 3.05. The Labute approximate surface area is 162 Å². The highest BCUT2D eigenvalue weighted by Crippen LogP contribution is 2.36. The second-order valence-corrected chi connectivity index (χ2v) is 6.74. The lowest BCUT2D eigenvalue weighted by molar-refractivity contribution is -0.632. The predicted molar refractivity (Wildman–Crippen MR) is 105 cm³/mol. The lowest BCUT2D eigenvalue weighted by atomic mass is 10.0. The number of benzene rings is 1. The van der Waals surface area contributed by atoms with Crippen LogP contribution in [0.2, 0.25) is 0 Å². The molecule has 0 aliphatic rings. The maximum Gasteiger partial charge on any atom is 0.341 e. The number of amides is 2. The van der Waals surface area contributed by atoms with Crippen molar-refractivity contribution in [2.45, 2.75) is 13.8 Å². The van der Waals surface area contributed by atoms with Gasteiger partial charge in [0, 0.05) is 18.0 Å². The monoisotopic (exact) mass is 390 g/mol. The molecule has 0 spiro atoms. The highest BCUT2D eigenvalue weighted by molar-refractivity contribution is 7.15. The molecular weight excluding hydrogens is 366 g/mol. The summed E-state index contributed by atoms with van der Waals surface area (Å²) < 4.78 is 5.18. The number of rotatable bonds is 8. The lowest BCUT2D eigenvalue weighted by Crippen LogP contribution is -2.88. The van der Waals surface area contributed by atoms with Gasteiger partial charge in [0.15, 0.2) is 13.1 Å². The molecule has 0 bridgehead atoms. The van der Waals surface area contributed by atoms with Gasteiger partial charge in [0.25, 0.3) is 11.8 Å². The Hall–Kier alpha value is -2.71. The Morgan fingerprint density at radius 3 is 2.41 bits per heavy atom. The van der Waals surface area contributed by atoms with Crippen LogP contribution < -0.4 is 16.0 Å². The van der Waals surface area contributed by atoms with Crippen LogP contribution >= 0.6 is 11.3 Å². The zero-order valence-electron chi connectivity index (χ0n) is 15.6. The average molecular weight is 390 g/mol. The number of nitrogens with two attached hydrogens (primary N) is 1. The van der Waals surface area contributed by atoms with Crippen molar-refractivity contribution in [2.24, 2.45) is 0 Å². The van der Waals surface area contributed by atoms with Crippen molar-refractivity contribution in [2.75, 3.05) is 32.1 Å². The van der Waals surface area contributed by atoms with E-state index < -0.39 is 5.97 Å². The third-order valence-corrected chi connectivity index (χ3v) is 4.72. The van der Waals surface area contributed by atoms with E-state index in [1.807, 2.05) is 36.6 Å². The number of hydrogen-bond acceptors (Lipinski definition) is 5. The van der Waals surface area contributed by atoms with Crippen LogP contribution in [-0.4, -0.2) is 44.5 Å². The van der Waals surface area contributed by atoms with E-state index in [-0.39, 0.29) is 31.5 Å². The van der Waals surface area contributed by atoms with E-state index in [1.54, 1.807) is 19.3 Å². The molecule has 144 valence electrons. The minimum absolute atomic E-state index is 0.0768. The first kappa shape index (κ1) is 20.6. The van der Waals surface area contributed by atoms with Crippen molar-refractivity contribution in [3.63, 3.8) is 0 Å². The third-order valence-electron chi connectivity index (χ3n) is 3.82. The van der Waals surface area contributed by atoms with Crippen molar-refractivity contribution in [1.82, 2.24) is 5.32 Å². The van der Waals surface area contributed by atoms with E-state index in [1.165, 1.54) is 11.3 Å². The first-order chi connectivity index (χ1) is 13.0. The van der Waals surface area contributed by atoms with Crippen LogP contribution in [0.4, 0.5) is 5.00 Å². The summed E-state index contributed by atoms with van der Waals surface area (Å²) in [4.78, 5) is 35.9. The molecule has 1 aromatic carbocycles. The summed E-state index contributed by atoms with van der Waals surface area (Å²) >= 11 is 1.28. The standard InChI is InChI=1S/C19H23N3O4S/c1-4-26-19(25)17-14(13-7-5-12(2)6-8-13)11-27-18(17)22-16(24)10-21-9-15(23)20-3/h5-8,11,21H,4,9-10H2,1-3H3,(H,20,23)(H,22,24)/p+1. The zero-order valence-corrected chi connectivity index (χ0v) is 16.4.